The van der Waals surface area contributed by atoms with Gasteiger partial charge in [-0.1, -0.05) is 6.07 Å². The van der Waals surface area contributed by atoms with Gasteiger partial charge in [-0.3, -0.25) is 9.69 Å². The summed E-state index contributed by atoms with van der Waals surface area (Å²) in [5.41, 5.74) is 0.323. The van der Waals surface area contributed by atoms with Crippen LogP contribution in [0.1, 0.15) is 12.0 Å². The van der Waals surface area contributed by atoms with E-state index in [2.05, 4.69) is 0 Å². The van der Waals surface area contributed by atoms with Crippen LogP contribution in [0.5, 0.6) is 0 Å². The van der Waals surface area contributed by atoms with Crippen LogP contribution >= 0.6 is 0 Å². The maximum absolute atomic E-state index is 12.8. The number of likely N-dealkylation sites (N-methyl/N-ethyl adjacent to an activating group) is 1. The second kappa shape index (κ2) is 7.75. The molecule has 1 amide bonds. The number of nitriles is 1. The Bertz CT molecular complexity index is 740. The topological polar surface area (TPSA) is 84.7 Å². The van der Waals surface area contributed by atoms with Crippen molar-refractivity contribution >= 4 is 15.9 Å². The lowest BCUT2D eigenvalue weighted by Crippen LogP contribution is -2.39. The molecule has 1 aromatic carbocycles. The quantitative estimate of drug-likeness (QED) is 0.782. The van der Waals surface area contributed by atoms with Crippen LogP contribution in [-0.4, -0.2) is 75.2 Å². The standard InChI is InChI=1S/C16H22N4O3S/c1-18(2)16(21)13-19-7-4-8-20(10-9-19)24(22,23)15-6-3-5-14(11-15)12-17/h3,5-6,11H,4,7-10,13H2,1-2H3. The van der Waals surface area contributed by atoms with Gasteiger partial charge in [-0.25, -0.2) is 8.42 Å². The maximum Gasteiger partial charge on any atom is 0.243 e. The first-order valence-electron chi connectivity index (χ1n) is 7.77. The molecule has 2 rings (SSSR count). The fourth-order valence-electron chi connectivity index (χ4n) is 2.55. The largest absolute Gasteiger partial charge is 0.348 e. The van der Waals surface area contributed by atoms with Crippen molar-refractivity contribution in [2.45, 2.75) is 11.3 Å². The molecule has 1 aliphatic rings. The molecule has 0 N–H and O–H groups in total. The van der Waals surface area contributed by atoms with E-state index in [1.54, 1.807) is 26.2 Å². The monoisotopic (exact) mass is 350 g/mol. The second-order valence-corrected chi connectivity index (χ2v) is 7.90. The summed E-state index contributed by atoms with van der Waals surface area (Å²) in [5, 5.41) is 8.95. The van der Waals surface area contributed by atoms with Crippen LogP contribution in [-0.2, 0) is 14.8 Å². The minimum absolute atomic E-state index is 0.00743. The van der Waals surface area contributed by atoms with E-state index in [1.807, 2.05) is 11.0 Å². The molecule has 0 spiro atoms. The van der Waals surface area contributed by atoms with E-state index in [0.717, 1.165) is 0 Å². The van der Waals surface area contributed by atoms with E-state index in [4.69, 9.17) is 5.26 Å². The normalized spacial score (nSPS) is 17.0. The summed E-state index contributed by atoms with van der Waals surface area (Å²) in [5.74, 6) is 0.00743. The first-order chi connectivity index (χ1) is 11.3. The van der Waals surface area contributed by atoms with Gasteiger partial charge in [0, 0.05) is 33.7 Å². The molecule has 1 saturated heterocycles. The molecule has 0 unspecified atom stereocenters. The Kier molecular flexibility index (Phi) is 5.94. The highest BCUT2D eigenvalue weighted by Crippen LogP contribution is 2.18. The average molecular weight is 350 g/mol. The highest BCUT2D eigenvalue weighted by molar-refractivity contribution is 7.89. The molecule has 0 atom stereocenters. The fraction of sp³-hybridized carbons (Fsp3) is 0.500. The smallest absolute Gasteiger partial charge is 0.243 e. The van der Waals surface area contributed by atoms with Crippen LogP contribution < -0.4 is 0 Å². The molecule has 0 bridgehead atoms. The number of hydrogen-bond donors (Lipinski definition) is 0. The van der Waals surface area contributed by atoms with Gasteiger partial charge in [-0.05, 0) is 31.2 Å². The van der Waals surface area contributed by atoms with Gasteiger partial charge in [-0.15, -0.1) is 0 Å². The predicted molar refractivity (Wildman–Crippen MR) is 89.7 cm³/mol. The van der Waals surface area contributed by atoms with Crippen molar-refractivity contribution in [3.8, 4) is 6.07 Å². The number of amides is 1. The molecule has 1 fully saturated rings. The van der Waals surface area contributed by atoms with Crippen molar-refractivity contribution in [2.75, 3.05) is 46.8 Å². The van der Waals surface area contributed by atoms with Crippen molar-refractivity contribution in [2.24, 2.45) is 0 Å². The molecule has 24 heavy (non-hydrogen) atoms. The molecule has 1 aliphatic heterocycles. The van der Waals surface area contributed by atoms with Gasteiger partial charge < -0.3 is 4.90 Å². The van der Waals surface area contributed by atoms with Crippen molar-refractivity contribution in [3.05, 3.63) is 29.8 Å². The fourth-order valence-corrected chi connectivity index (χ4v) is 4.07. The number of carbonyl (C=O) groups excluding carboxylic acids is 1. The molecule has 7 nitrogen and oxygen atoms in total. The first kappa shape index (κ1) is 18.4. The van der Waals surface area contributed by atoms with E-state index in [0.29, 0.717) is 44.7 Å². The van der Waals surface area contributed by atoms with Crippen molar-refractivity contribution in [1.82, 2.24) is 14.1 Å². The minimum Gasteiger partial charge on any atom is -0.348 e. The molecule has 1 aromatic rings. The zero-order valence-electron chi connectivity index (χ0n) is 14.0. The Hall–Kier alpha value is -1.95. The molecular formula is C16H22N4O3S. The van der Waals surface area contributed by atoms with E-state index < -0.39 is 10.0 Å². The third kappa shape index (κ3) is 4.32. The number of nitrogens with zero attached hydrogens (tertiary/aromatic N) is 4. The molecule has 0 saturated carbocycles. The van der Waals surface area contributed by atoms with Gasteiger partial charge >= 0.3 is 0 Å². The highest BCUT2D eigenvalue weighted by atomic mass is 32.2. The predicted octanol–water partition coefficient (Wildman–Crippen LogP) is 0.343. The van der Waals surface area contributed by atoms with E-state index in [-0.39, 0.29) is 10.8 Å². The Balaban J connectivity index is 2.10. The van der Waals surface area contributed by atoms with E-state index in [9.17, 15) is 13.2 Å². The number of benzene rings is 1. The lowest BCUT2D eigenvalue weighted by Gasteiger charge is -2.22. The summed E-state index contributed by atoms with van der Waals surface area (Å²) in [4.78, 5) is 15.5. The Labute approximate surface area is 143 Å². The van der Waals surface area contributed by atoms with Gasteiger partial charge in [0.05, 0.1) is 23.1 Å². The van der Waals surface area contributed by atoms with Crippen LogP contribution in [0.4, 0.5) is 0 Å². The van der Waals surface area contributed by atoms with Gasteiger partial charge in [0.1, 0.15) is 0 Å². The van der Waals surface area contributed by atoms with Crippen molar-refractivity contribution < 1.29 is 13.2 Å². The van der Waals surface area contributed by atoms with Gasteiger partial charge in [0.2, 0.25) is 15.9 Å². The minimum atomic E-state index is -3.63. The van der Waals surface area contributed by atoms with Crippen LogP contribution in [0.2, 0.25) is 0 Å². The van der Waals surface area contributed by atoms with E-state index in [1.165, 1.54) is 21.3 Å². The molecule has 0 radical (unpaired) electrons. The van der Waals surface area contributed by atoms with Crippen molar-refractivity contribution in [1.29, 1.82) is 5.26 Å². The molecule has 130 valence electrons. The first-order valence-corrected chi connectivity index (χ1v) is 9.21. The van der Waals surface area contributed by atoms with E-state index >= 15 is 0 Å². The summed E-state index contributed by atoms with van der Waals surface area (Å²) < 4.78 is 27.0. The van der Waals surface area contributed by atoms with Crippen LogP contribution in [0, 0.1) is 11.3 Å². The third-order valence-corrected chi connectivity index (χ3v) is 5.90. The Morgan fingerprint density at radius 2 is 2.00 bits per heavy atom. The van der Waals surface area contributed by atoms with Gasteiger partial charge in [-0.2, -0.15) is 9.57 Å². The summed E-state index contributed by atoms with van der Waals surface area (Å²) >= 11 is 0. The SMILES string of the molecule is CN(C)C(=O)CN1CCCN(S(=O)(=O)c2cccc(C#N)c2)CC1. The lowest BCUT2D eigenvalue weighted by molar-refractivity contribution is -0.129. The zero-order chi connectivity index (χ0) is 17.7. The second-order valence-electron chi connectivity index (χ2n) is 5.96. The summed E-state index contributed by atoms with van der Waals surface area (Å²) in [6.45, 7) is 2.23. The summed E-state index contributed by atoms with van der Waals surface area (Å²) in [6.07, 6.45) is 0.665. The summed E-state index contributed by atoms with van der Waals surface area (Å²) in [7, 11) is -0.211. The number of hydrogen-bond acceptors (Lipinski definition) is 5. The van der Waals surface area contributed by atoms with Crippen LogP contribution in [0.3, 0.4) is 0 Å². The Morgan fingerprint density at radius 3 is 2.67 bits per heavy atom. The van der Waals surface area contributed by atoms with Gasteiger partial charge in [0.25, 0.3) is 0 Å². The molecule has 8 heteroatoms. The number of sulfonamides is 1. The Morgan fingerprint density at radius 1 is 1.25 bits per heavy atom. The molecule has 0 aliphatic carbocycles. The number of rotatable bonds is 4. The highest BCUT2D eigenvalue weighted by Gasteiger charge is 2.27. The van der Waals surface area contributed by atoms with Crippen LogP contribution in [0.25, 0.3) is 0 Å². The summed E-state index contributed by atoms with van der Waals surface area (Å²) in [6, 6.07) is 8.02. The van der Waals surface area contributed by atoms with Gasteiger partial charge in [0.15, 0.2) is 0 Å². The lowest BCUT2D eigenvalue weighted by atomic mass is 10.2. The molecule has 0 aromatic heterocycles. The molecule has 1 heterocycles. The molecular weight excluding hydrogens is 328 g/mol. The average Bonchev–Trinajstić information content (AvgIpc) is 2.80. The number of carbonyl (C=O) groups is 1. The van der Waals surface area contributed by atoms with Crippen molar-refractivity contribution in [3.63, 3.8) is 0 Å². The third-order valence-electron chi connectivity index (χ3n) is 4.01. The maximum atomic E-state index is 12.8. The van der Waals surface area contributed by atoms with Crippen LogP contribution in [0.15, 0.2) is 29.2 Å². The zero-order valence-corrected chi connectivity index (χ0v) is 14.8.